The van der Waals surface area contributed by atoms with Crippen molar-refractivity contribution in [2.24, 2.45) is 0 Å². The van der Waals surface area contributed by atoms with Gasteiger partial charge in [0.1, 0.15) is 6.54 Å². The smallest absolute Gasteiger partial charge is 0.323 e. The van der Waals surface area contributed by atoms with Gasteiger partial charge in [-0.3, -0.25) is 9.59 Å². The van der Waals surface area contributed by atoms with Gasteiger partial charge in [0.25, 0.3) is 5.91 Å². The Balaban J connectivity index is 2.87. The van der Waals surface area contributed by atoms with Gasteiger partial charge in [0.05, 0.1) is 11.5 Å². The predicted molar refractivity (Wildman–Crippen MR) is 82.7 cm³/mol. The topological polar surface area (TPSA) is 113 Å². The average Bonchev–Trinajstić information content (AvgIpc) is 2.52. The van der Waals surface area contributed by atoms with Gasteiger partial charge in [-0.25, -0.2) is 13.1 Å². The maximum atomic E-state index is 12.2. The van der Waals surface area contributed by atoms with E-state index in [9.17, 15) is 18.0 Å². The van der Waals surface area contributed by atoms with Gasteiger partial charge < -0.3 is 14.7 Å². The first kappa shape index (κ1) is 19.1. The maximum absolute atomic E-state index is 12.2. The molecule has 1 amide bonds. The van der Waals surface area contributed by atoms with Crippen molar-refractivity contribution in [2.75, 3.05) is 33.4 Å². The van der Waals surface area contributed by atoms with E-state index in [2.05, 4.69) is 4.72 Å². The molecule has 0 radical (unpaired) electrons. The van der Waals surface area contributed by atoms with Crippen LogP contribution in [0.25, 0.3) is 0 Å². The van der Waals surface area contributed by atoms with Crippen LogP contribution in [0.15, 0.2) is 29.2 Å². The molecular weight excluding hydrogens is 324 g/mol. The monoisotopic (exact) mass is 344 g/mol. The van der Waals surface area contributed by atoms with Gasteiger partial charge in [-0.2, -0.15) is 0 Å². The number of carbonyl (C=O) groups excluding carboxylic acids is 1. The molecule has 2 N–H and O–H groups in total. The van der Waals surface area contributed by atoms with Crippen LogP contribution in [0.1, 0.15) is 17.3 Å². The summed E-state index contributed by atoms with van der Waals surface area (Å²) in [6.45, 7) is 1.88. The molecule has 23 heavy (non-hydrogen) atoms. The van der Waals surface area contributed by atoms with Crippen molar-refractivity contribution >= 4 is 21.9 Å². The molecule has 1 aromatic carbocycles. The zero-order valence-electron chi connectivity index (χ0n) is 13.0. The SMILES string of the molecule is CCN(CC(=O)O)C(=O)c1ccc(S(=O)(=O)NCCOC)cc1. The van der Waals surface area contributed by atoms with E-state index in [1.165, 1.54) is 31.4 Å². The van der Waals surface area contributed by atoms with Crippen LogP contribution in [0, 0.1) is 0 Å². The summed E-state index contributed by atoms with van der Waals surface area (Å²) in [5.74, 6) is -1.58. The number of carboxylic acids is 1. The van der Waals surface area contributed by atoms with Gasteiger partial charge in [-0.1, -0.05) is 0 Å². The Kier molecular flexibility index (Phi) is 7.14. The number of amides is 1. The molecule has 0 fully saturated rings. The van der Waals surface area contributed by atoms with Crippen molar-refractivity contribution in [1.29, 1.82) is 0 Å². The second kappa shape index (κ2) is 8.61. The molecule has 9 heteroatoms. The fourth-order valence-corrected chi connectivity index (χ4v) is 2.82. The molecule has 0 unspecified atom stereocenters. The number of rotatable bonds is 9. The lowest BCUT2D eigenvalue weighted by molar-refractivity contribution is -0.137. The molecule has 1 rings (SSSR count). The molecule has 0 atom stereocenters. The van der Waals surface area contributed by atoms with Gasteiger partial charge >= 0.3 is 5.97 Å². The molecule has 0 heterocycles. The van der Waals surface area contributed by atoms with Crippen LogP contribution >= 0.6 is 0 Å². The fourth-order valence-electron chi connectivity index (χ4n) is 1.81. The number of methoxy groups -OCH3 is 1. The van der Waals surface area contributed by atoms with Gasteiger partial charge in [0, 0.05) is 25.8 Å². The molecular formula is C14H20N2O6S. The molecule has 0 saturated carbocycles. The summed E-state index contributed by atoms with van der Waals surface area (Å²) in [6, 6.07) is 5.32. The number of nitrogens with one attached hydrogen (secondary N) is 1. The first-order chi connectivity index (χ1) is 10.8. The summed E-state index contributed by atoms with van der Waals surface area (Å²) in [6.07, 6.45) is 0. The number of likely N-dealkylation sites (N-methyl/N-ethyl adjacent to an activating group) is 1. The summed E-state index contributed by atoms with van der Waals surface area (Å²) >= 11 is 0. The summed E-state index contributed by atoms with van der Waals surface area (Å²) in [4.78, 5) is 24.1. The van der Waals surface area contributed by atoms with Gasteiger partial charge in [0.2, 0.25) is 10.0 Å². The van der Waals surface area contributed by atoms with Crippen LogP contribution < -0.4 is 4.72 Å². The van der Waals surface area contributed by atoms with E-state index in [1.807, 2.05) is 0 Å². The van der Waals surface area contributed by atoms with Crippen molar-refractivity contribution in [3.8, 4) is 0 Å². The lowest BCUT2D eigenvalue weighted by Crippen LogP contribution is -2.35. The largest absolute Gasteiger partial charge is 0.480 e. The minimum atomic E-state index is -3.67. The number of benzene rings is 1. The highest BCUT2D eigenvalue weighted by molar-refractivity contribution is 7.89. The Bertz CT molecular complexity index is 642. The zero-order chi connectivity index (χ0) is 17.5. The summed E-state index contributed by atoms with van der Waals surface area (Å²) in [7, 11) is -2.21. The van der Waals surface area contributed by atoms with E-state index in [0.29, 0.717) is 0 Å². The van der Waals surface area contributed by atoms with Gasteiger partial charge in [-0.15, -0.1) is 0 Å². The number of nitrogens with zero attached hydrogens (tertiary/aromatic N) is 1. The van der Waals surface area contributed by atoms with Crippen molar-refractivity contribution in [3.05, 3.63) is 29.8 Å². The highest BCUT2D eigenvalue weighted by atomic mass is 32.2. The van der Waals surface area contributed by atoms with E-state index >= 15 is 0 Å². The van der Waals surface area contributed by atoms with Gasteiger partial charge in [0.15, 0.2) is 0 Å². The predicted octanol–water partition coefficient (Wildman–Crippen LogP) is 0.158. The van der Waals surface area contributed by atoms with E-state index in [-0.39, 0.29) is 30.2 Å². The quantitative estimate of drug-likeness (QED) is 0.617. The van der Waals surface area contributed by atoms with Crippen LogP contribution in [0.3, 0.4) is 0 Å². The Labute approximate surface area is 135 Å². The number of carboxylic acid groups (broad SMARTS) is 1. The average molecular weight is 344 g/mol. The van der Waals surface area contributed by atoms with Crippen LogP contribution in [-0.4, -0.2) is 63.7 Å². The van der Waals surface area contributed by atoms with E-state index in [4.69, 9.17) is 9.84 Å². The molecule has 128 valence electrons. The van der Waals surface area contributed by atoms with Crippen LogP contribution in [0.4, 0.5) is 0 Å². The molecule has 0 bridgehead atoms. The Morgan fingerprint density at radius 3 is 2.35 bits per heavy atom. The minimum absolute atomic E-state index is 0.0198. The maximum Gasteiger partial charge on any atom is 0.323 e. The van der Waals surface area contributed by atoms with Crippen molar-refractivity contribution in [2.45, 2.75) is 11.8 Å². The Hall–Kier alpha value is -1.97. The normalized spacial score (nSPS) is 11.2. The molecule has 0 spiro atoms. The number of sulfonamides is 1. The highest BCUT2D eigenvalue weighted by Gasteiger charge is 2.18. The molecule has 8 nitrogen and oxygen atoms in total. The second-order valence-electron chi connectivity index (χ2n) is 4.63. The Morgan fingerprint density at radius 1 is 1.26 bits per heavy atom. The number of carbonyl (C=O) groups is 2. The van der Waals surface area contributed by atoms with Crippen molar-refractivity contribution in [3.63, 3.8) is 0 Å². The molecule has 0 aromatic heterocycles. The number of hydrogen-bond acceptors (Lipinski definition) is 5. The lowest BCUT2D eigenvalue weighted by atomic mass is 10.2. The third-order valence-corrected chi connectivity index (χ3v) is 4.48. The highest BCUT2D eigenvalue weighted by Crippen LogP contribution is 2.12. The van der Waals surface area contributed by atoms with Gasteiger partial charge in [-0.05, 0) is 31.2 Å². The second-order valence-corrected chi connectivity index (χ2v) is 6.39. The molecule has 0 saturated heterocycles. The summed E-state index contributed by atoms with van der Waals surface area (Å²) in [5, 5.41) is 8.77. The number of ether oxygens (including phenoxy) is 1. The fraction of sp³-hybridized carbons (Fsp3) is 0.429. The standard InChI is InChI=1S/C14H20N2O6S/c1-3-16(10-13(17)18)14(19)11-4-6-12(7-5-11)23(20,21)15-8-9-22-2/h4-7,15H,3,8-10H2,1-2H3,(H,17,18). The third kappa shape index (κ3) is 5.62. The molecule has 0 aliphatic carbocycles. The van der Waals surface area contributed by atoms with Crippen LogP contribution in [0.5, 0.6) is 0 Å². The Morgan fingerprint density at radius 2 is 1.87 bits per heavy atom. The zero-order valence-corrected chi connectivity index (χ0v) is 13.8. The summed E-state index contributed by atoms with van der Waals surface area (Å²) < 4.78 is 31.1. The first-order valence-electron chi connectivity index (χ1n) is 6.91. The summed E-state index contributed by atoms with van der Waals surface area (Å²) in [5.41, 5.74) is 0.226. The first-order valence-corrected chi connectivity index (χ1v) is 8.40. The van der Waals surface area contributed by atoms with Crippen LogP contribution in [-0.2, 0) is 19.6 Å². The lowest BCUT2D eigenvalue weighted by Gasteiger charge is -2.18. The molecule has 0 aliphatic heterocycles. The molecule has 1 aromatic rings. The van der Waals surface area contributed by atoms with Crippen molar-refractivity contribution in [1.82, 2.24) is 9.62 Å². The van der Waals surface area contributed by atoms with E-state index in [0.717, 1.165) is 4.90 Å². The molecule has 0 aliphatic rings. The van der Waals surface area contributed by atoms with Crippen LogP contribution in [0.2, 0.25) is 0 Å². The van der Waals surface area contributed by atoms with E-state index in [1.54, 1.807) is 6.92 Å². The van der Waals surface area contributed by atoms with Crippen molar-refractivity contribution < 1.29 is 27.9 Å². The minimum Gasteiger partial charge on any atom is -0.480 e. The third-order valence-electron chi connectivity index (χ3n) is 3.00. The number of hydrogen-bond donors (Lipinski definition) is 2. The number of aliphatic carboxylic acids is 1. The van der Waals surface area contributed by atoms with E-state index < -0.39 is 28.4 Å².